The number of aliphatic imine (C=N–C) groups is 1. The van der Waals surface area contributed by atoms with Crippen LogP contribution in [0.4, 0.5) is 13.2 Å². The van der Waals surface area contributed by atoms with Gasteiger partial charge in [-0.25, -0.2) is 9.79 Å². The van der Waals surface area contributed by atoms with Gasteiger partial charge >= 0.3 is 12.1 Å². The van der Waals surface area contributed by atoms with Gasteiger partial charge in [-0.2, -0.15) is 18.4 Å². The van der Waals surface area contributed by atoms with E-state index in [0.717, 1.165) is 12.1 Å². The number of rotatable bonds is 2. The molecule has 25 heavy (non-hydrogen) atoms. The Balaban J connectivity index is 1.95. The molecular formula is C18H9F3N2O2. The van der Waals surface area contributed by atoms with Crippen molar-refractivity contribution in [2.75, 3.05) is 0 Å². The van der Waals surface area contributed by atoms with Crippen molar-refractivity contribution in [1.29, 1.82) is 5.26 Å². The van der Waals surface area contributed by atoms with E-state index in [1.165, 1.54) is 18.2 Å². The van der Waals surface area contributed by atoms with E-state index in [0.29, 0.717) is 11.1 Å². The van der Waals surface area contributed by atoms with Crippen LogP contribution in [-0.4, -0.2) is 11.9 Å². The third-order valence-electron chi connectivity index (χ3n) is 3.38. The Labute approximate surface area is 140 Å². The number of cyclic esters (lactones) is 1. The molecule has 0 saturated carbocycles. The van der Waals surface area contributed by atoms with Gasteiger partial charge in [0.2, 0.25) is 5.90 Å². The summed E-state index contributed by atoms with van der Waals surface area (Å²) >= 11 is 0. The average molecular weight is 342 g/mol. The van der Waals surface area contributed by atoms with Crippen LogP contribution in [-0.2, 0) is 15.7 Å². The molecule has 124 valence electrons. The molecule has 3 rings (SSSR count). The molecule has 1 heterocycles. The Morgan fingerprint density at radius 1 is 1.12 bits per heavy atom. The first kappa shape index (κ1) is 16.5. The minimum absolute atomic E-state index is 0.0531. The number of nitriles is 1. The zero-order valence-corrected chi connectivity index (χ0v) is 12.5. The van der Waals surface area contributed by atoms with Gasteiger partial charge in [0.1, 0.15) is 0 Å². The van der Waals surface area contributed by atoms with Crippen molar-refractivity contribution in [3.63, 3.8) is 0 Å². The molecule has 0 aromatic heterocycles. The number of carbonyl (C=O) groups is 1. The van der Waals surface area contributed by atoms with Gasteiger partial charge in [0.25, 0.3) is 0 Å². The molecule has 0 aliphatic carbocycles. The standard InChI is InChI=1S/C18H9F3N2O2/c19-18(20,21)14-6-2-5-13(9-14)16-23-15(17(24)25-16)8-11-3-1-4-12(7-11)10-22/h1-9H/b15-8-. The number of nitrogens with zero attached hydrogens (tertiary/aromatic N) is 2. The Hall–Kier alpha value is -3.40. The van der Waals surface area contributed by atoms with Gasteiger partial charge in [0, 0.05) is 5.56 Å². The lowest BCUT2D eigenvalue weighted by Gasteiger charge is -2.07. The van der Waals surface area contributed by atoms with Gasteiger partial charge in [0.05, 0.1) is 17.2 Å². The molecule has 0 spiro atoms. The number of benzene rings is 2. The van der Waals surface area contributed by atoms with Crippen LogP contribution in [0.1, 0.15) is 22.3 Å². The highest BCUT2D eigenvalue weighted by molar-refractivity contribution is 6.12. The van der Waals surface area contributed by atoms with E-state index in [9.17, 15) is 18.0 Å². The van der Waals surface area contributed by atoms with Crippen molar-refractivity contribution in [3.05, 3.63) is 76.5 Å². The van der Waals surface area contributed by atoms with Gasteiger partial charge in [-0.05, 0) is 42.0 Å². The lowest BCUT2D eigenvalue weighted by molar-refractivity contribution is -0.137. The largest absolute Gasteiger partial charge is 0.416 e. The second kappa shape index (κ2) is 6.24. The normalized spacial score (nSPS) is 15.7. The fourth-order valence-electron chi connectivity index (χ4n) is 2.22. The molecule has 0 radical (unpaired) electrons. The second-order valence-corrected chi connectivity index (χ2v) is 5.15. The van der Waals surface area contributed by atoms with Crippen LogP contribution in [0.5, 0.6) is 0 Å². The molecule has 1 aliphatic heterocycles. The fraction of sp³-hybridized carbons (Fsp3) is 0.0556. The monoisotopic (exact) mass is 342 g/mol. The van der Waals surface area contributed by atoms with E-state index in [1.54, 1.807) is 24.3 Å². The number of carbonyl (C=O) groups excluding carboxylic acids is 1. The Morgan fingerprint density at radius 3 is 2.60 bits per heavy atom. The van der Waals surface area contributed by atoms with E-state index >= 15 is 0 Å². The Morgan fingerprint density at radius 2 is 1.88 bits per heavy atom. The molecule has 2 aromatic rings. The van der Waals surface area contributed by atoms with Crippen molar-refractivity contribution in [1.82, 2.24) is 0 Å². The maximum absolute atomic E-state index is 12.8. The summed E-state index contributed by atoms with van der Waals surface area (Å²) in [5, 5.41) is 8.88. The third-order valence-corrected chi connectivity index (χ3v) is 3.38. The van der Waals surface area contributed by atoms with Gasteiger partial charge in [-0.1, -0.05) is 18.2 Å². The Kier molecular flexibility index (Phi) is 4.11. The second-order valence-electron chi connectivity index (χ2n) is 5.15. The molecule has 2 aromatic carbocycles. The zero-order chi connectivity index (χ0) is 18.0. The predicted molar refractivity (Wildman–Crippen MR) is 83.2 cm³/mol. The van der Waals surface area contributed by atoms with Gasteiger partial charge in [0.15, 0.2) is 5.70 Å². The number of esters is 1. The predicted octanol–water partition coefficient (Wildman–Crippen LogP) is 3.92. The summed E-state index contributed by atoms with van der Waals surface area (Å²) in [4.78, 5) is 15.9. The summed E-state index contributed by atoms with van der Waals surface area (Å²) in [6.07, 6.45) is -3.10. The lowest BCUT2D eigenvalue weighted by atomic mass is 10.1. The number of alkyl halides is 3. The van der Waals surface area contributed by atoms with E-state index in [4.69, 9.17) is 10.00 Å². The first-order valence-electron chi connectivity index (χ1n) is 7.07. The molecule has 7 heteroatoms. The molecule has 0 N–H and O–H groups in total. The maximum atomic E-state index is 12.8. The van der Waals surface area contributed by atoms with Crippen LogP contribution >= 0.6 is 0 Å². The molecule has 0 atom stereocenters. The molecular weight excluding hydrogens is 333 g/mol. The van der Waals surface area contributed by atoms with Crippen LogP contribution in [0.15, 0.2) is 59.2 Å². The molecule has 0 saturated heterocycles. The van der Waals surface area contributed by atoms with Crippen molar-refractivity contribution in [2.45, 2.75) is 6.18 Å². The Bertz CT molecular complexity index is 953. The van der Waals surface area contributed by atoms with E-state index in [2.05, 4.69) is 4.99 Å². The topological polar surface area (TPSA) is 62.4 Å². The van der Waals surface area contributed by atoms with Crippen LogP contribution in [0.2, 0.25) is 0 Å². The maximum Gasteiger partial charge on any atom is 0.416 e. The summed E-state index contributed by atoms with van der Waals surface area (Å²) in [6.45, 7) is 0. The SMILES string of the molecule is N#Cc1cccc(/C=C2\N=C(c3cccc(C(F)(F)F)c3)OC2=O)c1. The fourth-order valence-corrected chi connectivity index (χ4v) is 2.22. The number of ether oxygens (including phenoxy) is 1. The third kappa shape index (κ3) is 3.58. The summed E-state index contributed by atoms with van der Waals surface area (Å²) < 4.78 is 43.3. The van der Waals surface area contributed by atoms with Crippen molar-refractivity contribution in [2.24, 2.45) is 4.99 Å². The first-order chi connectivity index (χ1) is 11.9. The van der Waals surface area contributed by atoms with E-state index in [-0.39, 0.29) is 17.2 Å². The number of hydrogen-bond acceptors (Lipinski definition) is 4. The highest BCUT2D eigenvalue weighted by Crippen LogP contribution is 2.30. The zero-order valence-electron chi connectivity index (χ0n) is 12.5. The van der Waals surface area contributed by atoms with Crippen LogP contribution in [0, 0.1) is 11.3 Å². The highest BCUT2D eigenvalue weighted by Gasteiger charge is 2.32. The van der Waals surface area contributed by atoms with E-state index in [1.807, 2.05) is 6.07 Å². The van der Waals surface area contributed by atoms with Crippen molar-refractivity contribution >= 4 is 17.9 Å². The average Bonchev–Trinajstić information content (AvgIpc) is 2.95. The number of hydrogen-bond donors (Lipinski definition) is 0. The lowest BCUT2D eigenvalue weighted by Crippen LogP contribution is -2.09. The van der Waals surface area contributed by atoms with Crippen molar-refractivity contribution in [3.8, 4) is 6.07 Å². The molecule has 4 nitrogen and oxygen atoms in total. The summed E-state index contributed by atoms with van der Waals surface area (Å²) in [5.41, 5.74) is 0.102. The van der Waals surface area contributed by atoms with Crippen LogP contribution in [0.3, 0.4) is 0 Å². The van der Waals surface area contributed by atoms with Crippen LogP contribution < -0.4 is 0 Å². The van der Waals surface area contributed by atoms with Crippen LogP contribution in [0.25, 0.3) is 6.08 Å². The summed E-state index contributed by atoms with van der Waals surface area (Å²) in [7, 11) is 0. The molecule has 0 amide bonds. The smallest absolute Gasteiger partial charge is 0.402 e. The van der Waals surface area contributed by atoms with Gasteiger partial charge < -0.3 is 4.74 Å². The molecule has 0 unspecified atom stereocenters. The molecule has 0 bridgehead atoms. The summed E-state index contributed by atoms with van der Waals surface area (Å²) in [5.74, 6) is -0.964. The van der Waals surface area contributed by atoms with Gasteiger partial charge in [-0.3, -0.25) is 0 Å². The molecule has 1 aliphatic rings. The van der Waals surface area contributed by atoms with Crippen molar-refractivity contribution < 1.29 is 22.7 Å². The first-order valence-corrected chi connectivity index (χ1v) is 7.07. The minimum atomic E-state index is -4.50. The van der Waals surface area contributed by atoms with E-state index < -0.39 is 17.7 Å². The van der Waals surface area contributed by atoms with Gasteiger partial charge in [-0.15, -0.1) is 0 Å². The number of halogens is 3. The quantitative estimate of drug-likeness (QED) is 0.614. The summed E-state index contributed by atoms with van der Waals surface area (Å²) in [6, 6.07) is 12.8. The highest BCUT2D eigenvalue weighted by atomic mass is 19.4. The molecule has 0 fully saturated rings. The minimum Gasteiger partial charge on any atom is -0.402 e.